The smallest absolute Gasteiger partial charge is 0.144 e. The van der Waals surface area contributed by atoms with Crippen molar-refractivity contribution >= 4 is 11.4 Å². The molecular weight excluding hydrogens is 240 g/mol. The molecule has 1 aliphatic heterocycles. The third kappa shape index (κ3) is 2.23. The van der Waals surface area contributed by atoms with Gasteiger partial charge < -0.3 is 15.4 Å². The van der Waals surface area contributed by atoms with Crippen LogP contribution in [-0.2, 0) is 7.05 Å². The first-order chi connectivity index (χ1) is 9.28. The fourth-order valence-corrected chi connectivity index (χ4v) is 2.37. The average Bonchev–Trinajstić information content (AvgIpc) is 2.86. The van der Waals surface area contributed by atoms with Crippen LogP contribution >= 0.6 is 0 Å². The lowest BCUT2D eigenvalue weighted by atomic mass is 10.1. The molecule has 2 N–H and O–H groups in total. The van der Waals surface area contributed by atoms with E-state index in [-0.39, 0.29) is 6.04 Å². The number of para-hydroxylation sites is 1. The van der Waals surface area contributed by atoms with Crippen LogP contribution in [0.2, 0.25) is 0 Å². The number of fused-ring (bicyclic) bond motifs is 1. The van der Waals surface area contributed by atoms with Crippen molar-refractivity contribution in [1.82, 2.24) is 9.78 Å². The zero-order chi connectivity index (χ0) is 13.2. The number of nitrogens with zero attached hydrogens (tertiary/aromatic N) is 2. The van der Waals surface area contributed by atoms with Crippen molar-refractivity contribution in [2.45, 2.75) is 13.0 Å². The maximum absolute atomic E-state index is 5.63. The Bertz CT molecular complexity index is 579. The molecule has 0 aliphatic carbocycles. The number of nitrogens with one attached hydrogen (secondary N) is 2. The minimum Gasteiger partial charge on any atom is -0.492 e. The minimum absolute atomic E-state index is 0.234. The number of aryl methyl sites for hydroxylation is 1. The monoisotopic (exact) mass is 258 g/mol. The van der Waals surface area contributed by atoms with Crippen molar-refractivity contribution in [2.75, 3.05) is 23.8 Å². The summed E-state index contributed by atoms with van der Waals surface area (Å²) >= 11 is 0. The Morgan fingerprint density at radius 1 is 1.47 bits per heavy atom. The third-order valence-electron chi connectivity index (χ3n) is 3.27. The molecule has 100 valence electrons. The molecule has 0 fully saturated rings. The molecular formula is C14H18N4O. The highest BCUT2D eigenvalue weighted by Crippen LogP contribution is 2.38. The Kier molecular flexibility index (Phi) is 3.03. The Hall–Kier alpha value is -2.17. The Morgan fingerprint density at radius 3 is 3.11 bits per heavy atom. The van der Waals surface area contributed by atoms with E-state index in [4.69, 9.17) is 4.74 Å². The molecule has 0 spiro atoms. The molecule has 1 atom stereocenters. The molecule has 2 aromatic rings. The average molecular weight is 258 g/mol. The van der Waals surface area contributed by atoms with E-state index >= 15 is 0 Å². The number of hydrogen-bond acceptors (Lipinski definition) is 4. The topological polar surface area (TPSA) is 51.1 Å². The molecule has 0 saturated heterocycles. The summed E-state index contributed by atoms with van der Waals surface area (Å²) in [5, 5.41) is 11.2. The molecule has 19 heavy (non-hydrogen) atoms. The molecule has 0 amide bonds. The standard InChI is InChI=1S/C14H18N4O/c1-3-19-13-6-4-5-11-14(13)15-8-12(17-11)10-7-16-18(2)9-10/h4-7,9,12,15,17H,3,8H2,1-2H3. The molecule has 1 unspecified atom stereocenters. The second-order valence-corrected chi connectivity index (χ2v) is 4.64. The predicted molar refractivity (Wildman–Crippen MR) is 75.7 cm³/mol. The lowest BCUT2D eigenvalue weighted by Crippen LogP contribution is -2.26. The second kappa shape index (κ2) is 4.84. The van der Waals surface area contributed by atoms with Crippen LogP contribution in [0.4, 0.5) is 11.4 Å². The van der Waals surface area contributed by atoms with E-state index in [0.717, 1.165) is 23.7 Å². The fraction of sp³-hybridized carbons (Fsp3) is 0.357. The first kappa shape index (κ1) is 11.9. The number of aromatic nitrogens is 2. The van der Waals surface area contributed by atoms with E-state index in [0.29, 0.717) is 6.61 Å². The van der Waals surface area contributed by atoms with Crippen molar-refractivity contribution < 1.29 is 4.74 Å². The van der Waals surface area contributed by atoms with Gasteiger partial charge in [0.05, 0.1) is 24.5 Å². The number of benzene rings is 1. The van der Waals surface area contributed by atoms with Crippen LogP contribution in [0.1, 0.15) is 18.5 Å². The van der Waals surface area contributed by atoms with Gasteiger partial charge in [0, 0.05) is 25.4 Å². The Labute approximate surface area is 112 Å². The molecule has 5 heteroatoms. The summed E-state index contributed by atoms with van der Waals surface area (Å²) in [5.41, 5.74) is 3.30. The summed E-state index contributed by atoms with van der Waals surface area (Å²) in [4.78, 5) is 0. The lowest BCUT2D eigenvalue weighted by Gasteiger charge is -2.29. The third-order valence-corrected chi connectivity index (χ3v) is 3.27. The van der Waals surface area contributed by atoms with Crippen molar-refractivity contribution in [3.8, 4) is 5.75 Å². The molecule has 1 aromatic carbocycles. The van der Waals surface area contributed by atoms with Crippen molar-refractivity contribution in [3.63, 3.8) is 0 Å². The van der Waals surface area contributed by atoms with Gasteiger partial charge in [0.2, 0.25) is 0 Å². The maximum Gasteiger partial charge on any atom is 0.144 e. The molecule has 2 heterocycles. The van der Waals surface area contributed by atoms with E-state index in [9.17, 15) is 0 Å². The molecule has 1 aliphatic rings. The van der Waals surface area contributed by atoms with Gasteiger partial charge in [0.15, 0.2) is 0 Å². The van der Waals surface area contributed by atoms with Gasteiger partial charge >= 0.3 is 0 Å². The van der Waals surface area contributed by atoms with Gasteiger partial charge in [-0.15, -0.1) is 0 Å². The quantitative estimate of drug-likeness (QED) is 0.887. The molecule has 3 rings (SSSR count). The summed E-state index contributed by atoms with van der Waals surface area (Å²) in [6.45, 7) is 3.49. The highest BCUT2D eigenvalue weighted by Gasteiger charge is 2.22. The van der Waals surface area contributed by atoms with Gasteiger partial charge in [-0.2, -0.15) is 5.10 Å². The van der Waals surface area contributed by atoms with Gasteiger partial charge in [0.1, 0.15) is 11.4 Å². The minimum atomic E-state index is 0.234. The number of hydrogen-bond donors (Lipinski definition) is 2. The molecule has 5 nitrogen and oxygen atoms in total. The summed E-state index contributed by atoms with van der Waals surface area (Å²) in [7, 11) is 1.93. The number of ether oxygens (including phenoxy) is 1. The van der Waals surface area contributed by atoms with Gasteiger partial charge in [-0.1, -0.05) is 6.07 Å². The van der Waals surface area contributed by atoms with E-state index in [2.05, 4.69) is 21.8 Å². The second-order valence-electron chi connectivity index (χ2n) is 4.64. The highest BCUT2D eigenvalue weighted by atomic mass is 16.5. The first-order valence-corrected chi connectivity index (χ1v) is 6.52. The van der Waals surface area contributed by atoms with Crippen LogP contribution in [0.5, 0.6) is 5.75 Å². The van der Waals surface area contributed by atoms with Crippen LogP contribution in [0.3, 0.4) is 0 Å². The van der Waals surface area contributed by atoms with E-state index in [1.165, 1.54) is 5.56 Å². The summed E-state index contributed by atoms with van der Waals surface area (Å²) in [6, 6.07) is 6.29. The maximum atomic E-state index is 5.63. The summed E-state index contributed by atoms with van der Waals surface area (Å²) in [6.07, 6.45) is 3.94. The van der Waals surface area contributed by atoms with Crippen molar-refractivity contribution in [3.05, 3.63) is 36.2 Å². The van der Waals surface area contributed by atoms with Crippen LogP contribution < -0.4 is 15.4 Å². The van der Waals surface area contributed by atoms with Crippen molar-refractivity contribution in [2.24, 2.45) is 7.05 Å². The van der Waals surface area contributed by atoms with Crippen LogP contribution in [-0.4, -0.2) is 22.9 Å². The van der Waals surface area contributed by atoms with Crippen molar-refractivity contribution in [1.29, 1.82) is 0 Å². The molecule has 0 saturated carbocycles. The largest absolute Gasteiger partial charge is 0.492 e. The van der Waals surface area contributed by atoms with Crippen LogP contribution in [0.25, 0.3) is 0 Å². The van der Waals surface area contributed by atoms with Gasteiger partial charge in [-0.3, -0.25) is 4.68 Å². The Morgan fingerprint density at radius 2 is 2.37 bits per heavy atom. The van der Waals surface area contributed by atoms with Gasteiger partial charge in [-0.25, -0.2) is 0 Å². The summed E-state index contributed by atoms with van der Waals surface area (Å²) in [5.74, 6) is 0.900. The predicted octanol–water partition coefficient (Wildman–Crippen LogP) is 2.40. The van der Waals surface area contributed by atoms with E-state index in [1.54, 1.807) is 0 Å². The van der Waals surface area contributed by atoms with Gasteiger partial charge in [0.25, 0.3) is 0 Å². The highest BCUT2D eigenvalue weighted by molar-refractivity contribution is 5.77. The zero-order valence-electron chi connectivity index (χ0n) is 11.2. The first-order valence-electron chi connectivity index (χ1n) is 6.52. The van der Waals surface area contributed by atoms with Gasteiger partial charge in [-0.05, 0) is 19.1 Å². The number of rotatable bonds is 3. The Balaban J connectivity index is 1.86. The number of anilines is 2. The molecule has 1 aromatic heterocycles. The lowest BCUT2D eigenvalue weighted by molar-refractivity contribution is 0.341. The molecule has 0 bridgehead atoms. The molecule has 0 radical (unpaired) electrons. The van der Waals surface area contributed by atoms with Crippen LogP contribution in [0.15, 0.2) is 30.6 Å². The van der Waals surface area contributed by atoms with Crippen LogP contribution in [0, 0.1) is 0 Å². The SMILES string of the molecule is CCOc1cccc2c1NCC(c1cnn(C)c1)N2. The zero-order valence-corrected chi connectivity index (χ0v) is 11.2. The summed E-state index contributed by atoms with van der Waals surface area (Å²) < 4.78 is 7.45. The fourth-order valence-electron chi connectivity index (χ4n) is 2.37. The normalized spacial score (nSPS) is 17.3. The van der Waals surface area contributed by atoms with E-state index < -0.39 is 0 Å². The van der Waals surface area contributed by atoms with E-state index in [1.807, 2.05) is 43.2 Å².